The van der Waals surface area contributed by atoms with Gasteiger partial charge >= 0.3 is 0 Å². The molecule has 0 aliphatic heterocycles. The molecule has 0 amide bonds. The van der Waals surface area contributed by atoms with Crippen molar-refractivity contribution in [2.45, 2.75) is 26.4 Å². The molecule has 1 heterocycles. The molecule has 3 rings (SSSR count). The van der Waals surface area contributed by atoms with Gasteiger partial charge in [0, 0.05) is 30.2 Å². The number of guanidine groups is 1. The summed E-state index contributed by atoms with van der Waals surface area (Å²) in [6.45, 7) is 5.66. The predicted molar refractivity (Wildman–Crippen MR) is 112 cm³/mol. The van der Waals surface area contributed by atoms with Gasteiger partial charge in [-0.2, -0.15) is 0 Å². The molecular formula is C22H27FN4O. The molecule has 0 aliphatic carbocycles. The zero-order valence-corrected chi connectivity index (χ0v) is 16.3. The second kappa shape index (κ2) is 9.37. The first kappa shape index (κ1) is 19.9. The molecule has 1 aromatic heterocycles. The number of aryl methyl sites for hydroxylation is 1. The minimum absolute atomic E-state index is 0.235. The van der Waals surface area contributed by atoms with Crippen LogP contribution in [0.15, 0.2) is 53.7 Å². The molecule has 0 saturated heterocycles. The number of aliphatic hydroxyl groups excluding tert-OH is 1. The molecule has 6 heteroatoms. The summed E-state index contributed by atoms with van der Waals surface area (Å²) in [6, 6.07) is 12.6. The maximum Gasteiger partial charge on any atom is 0.191 e. The normalized spacial score (nSPS) is 12.9. The molecule has 4 N–H and O–H groups in total. The topological polar surface area (TPSA) is 72.4 Å². The van der Waals surface area contributed by atoms with Crippen LogP contribution in [0.3, 0.4) is 0 Å². The Morgan fingerprint density at radius 3 is 2.71 bits per heavy atom. The number of benzene rings is 2. The number of aliphatic hydroxyl groups is 1. The summed E-state index contributed by atoms with van der Waals surface area (Å²) < 4.78 is 13.5. The van der Waals surface area contributed by atoms with E-state index >= 15 is 0 Å². The average molecular weight is 382 g/mol. The lowest BCUT2D eigenvalue weighted by atomic mass is 10.1. The number of H-pyrrole nitrogens is 1. The fraction of sp³-hybridized carbons (Fsp3) is 0.318. The van der Waals surface area contributed by atoms with E-state index in [1.165, 1.54) is 6.07 Å². The molecule has 0 saturated carbocycles. The van der Waals surface area contributed by atoms with Crippen LogP contribution in [0.4, 0.5) is 4.39 Å². The summed E-state index contributed by atoms with van der Waals surface area (Å²) in [5, 5.41) is 17.7. The first-order valence-corrected chi connectivity index (χ1v) is 9.59. The van der Waals surface area contributed by atoms with E-state index in [0.717, 1.165) is 40.6 Å². The molecule has 0 aliphatic rings. The van der Waals surface area contributed by atoms with E-state index in [1.807, 2.05) is 44.3 Å². The summed E-state index contributed by atoms with van der Waals surface area (Å²) in [5.41, 5.74) is 3.99. The third-order valence-corrected chi connectivity index (χ3v) is 4.64. The first-order chi connectivity index (χ1) is 13.6. The Morgan fingerprint density at radius 2 is 1.96 bits per heavy atom. The Bertz CT molecular complexity index is 933. The van der Waals surface area contributed by atoms with Crippen molar-refractivity contribution in [2.24, 2.45) is 4.99 Å². The fourth-order valence-corrected chi connectivity index (χ4v) is 3.09. The molecular weight excluding hydrogens is 355 g/mol. The highest BCUT2D eigenvalue weighted by Crippen LogP contribution is 2.19. The Labute approximate surface area is 164 Å². The van der Waals surface area contributed by atoms with Gasteiger partial charge in [-0.15, -0.1) is 0 Å². The van der Waals surface area contributed by atoms with E-state index in [0.29, 0.717) is 12.5 Å². The molecule has 2 aromatic carbocycles. The van der Waals surface area contributed by atoms with Crippen molar-refractivity contribution in [1.29, 1.82) is 0 Å². The Morgan fingerprint density at radius 1 is 1.18 bits per heavy atom. The number of hydrogen-bond donors (Lipinski definition) is 4. The van der Waals surface area contributed by atoms with Crippen LogP contribution in [0.25, 0.3) is 10.9 Å². The van der Waals surface area contributed by atoms with Crippen molar-refractivity contribution in [2.75, 3.05) is 19.6 Å². The van der Waals surface area contributed by atoms with Crippen LogP contribution < -0.4 is 10.6 Å². The monoisotopic (exact) mass is 382 g/mol. The van der Waals surface area contributed by atoms with Crippen molar-refractivity contribution in [1.82, 2.24) is 15.6 Å². The standard InChI is InChI=1S/C22H27FN4O/c1-3-24-22(27-14-21(28)16-6-4-15(2)5-7-16)25-11-10-17-13-26-20-9-8-18(23)12-19(17)20/h4-9,12-13,21,26,28H,3,10-11,14H2,1-2H3,(H2,24,25,27). The molecule has 1 unspecified atom stereocenters. The van der Waals surface area contributed by atoms with Gasteiger partial charge in [0.05, 0.1) is 12.6 Å². The van der Waals surface area contributed by atoms with Gasteiger partial charge in [0.25, 0.3) is 0 Å². The van der Waals surface area contributed by atoms with Crippen LogP contribution in [0, 0.1) is 12.7 Å². The second-order valence-electron chi connectivity index (χ2n) is 6.83. The predicted octanol–water partition coefficient (Wildman–Crippen LogP) is 3.45. The zero-order valence-electron chi connectivity index (χ0n) is 16.3. The molecule has 3 aromatic rings. The summed E-state index contributed by atoms with van der Waals surface area (Å²) in [7, 11) is 0. The summed E-state index contributed by atoms with van der Waals surface area (Å²) in [5.74, 6) is 0.418. The number of halogens is 1. The van der Waals surface area contributed by atoms with E-state index in [4.69, 9.17) is 0 Å². The van der Waals surface area contributed by atoms with Gasteiger partial charge in [0.15, 0.2) is 5.96 Å². The van der Waals surface area contributed by atoms with Crippen LogP contribution >= 0.6 is 0 Å². The number of hydrogen-bond acceptors (Lipinski definition) is 2. The molecule has 0 fully saturated rings. The van der Waals surface area contributed by atoms with Gasteiger partial charge in [-0.25, -0.2) is 4.39 Å². The Hall–Kier alpha value is -2.86. The quantitative estimate of drug-likeness (QED) is 0.374. The number of rotatable bonds is 7. The van der Waals surface area contributed by atoms with Crippen molar-refractivity contribution >= 4 is 16.9 Å². The lowest BCUT2D eigenvalue weighted by molar-refractivity contribution is 0.187. The number of fused-ring (bicyclic) bond motifs is 1. The van der Waals surface area contributed by atoms with Gasteiger partial charge in [-0.3, -0.25) is 4.99 Å². The molecule has 0 spiro atoms. The molecule has 5 nitrogen and oxygen atoms in total. The number of aromatic amines is 1. The number of aromatic nitrogens is 1. The van der Waals surface area contributed by atoms with Crippen molar-refractivity contribution in [3.8, 4) is 0 Å². The fourth-order valence-electron chi connectivity index (χ4n) is 3.09. The van der Waals surface area contributed by atoms with Gasteiger partial charge < -0.3 is 20.7 Å². The summed E-state index contributed by atoms with van der Waals surface area (Å²) in [4.78, 5) is 7.65. The maximum absolute atomic E-state index is 13.5. The highest BCUT2D eigenvalue weighted by molar-refractivity contribution is 5.83. The van der Waals surface area contributed by atoms with E-state index in [9.17, 15) is 9.50 Å². The van der Waals surface area contributed by atoms with E-state index < -0.39 is 6.10 Å². The minimum atomic E-state index is -0.646. The van der Waals surface area contributed by atoms with Crippen molar-refractivity contribution in [3.63, 3.8) is 0 Å². The van der Waals surface area contributed by atoms with Gasteiger partial charge in [-0.1, -0.05) is 29.8 Å². The molecule has 148 valence electrons. The lowest BCUT2D eigenvalue weighted by Crippen LogP contribution is -2.38. The van der Waals surface area contributed by atoms with Crippen LogP contribution in [0.1, 0.15) is 29.7 Å². The summed E-state index contributed by atoms with van der Waals surface area (Å²) in [6.07, 6.45) is 2.00. The highest BCUT2D eigenvalue weighted by atomic mass is 19.1. The van der Waals surface area contributed by atoms with Crippen LogP contribution in [-0.4, -0.2) is 35.7 Å². The van der Waals surface area contributed by atoms with E-state index in [1.54, 1.807) is 12.1 Å². The zero-order chi connectivity index (χ0) is 19.9. The largest absolute Gasteiger partial charge is 0.386 e. The van der Waals surface area contributed by atoms with E-state index in [-0.39, 0.29) is 12.4 Å². The van der Waals surface area contributed by atoms with Gasteiger partial charge in [0.2, 0.25) is 0 Å². The van der Waals surface area contributed by atoms with Crippen LogP contribution in [0.2, 0.25) is 0 Å². The Kier molecular flexibility index (Phi) is 6.66. The van der Waals surface area contributed by atoms with Gasteiger partial charge in [-0.05, 0) is 49.6 Å². The minimum Gasteiger partial charge on any atom is -0.386 e. The average Bonchev–Trinajstić information content (AvgIpc) is 3.08. The van der Waals surface area contributed by atoms with Crippen LogP contribution in [-0.2, 0) is 6.42 Å². The number of nitrogens with one attached hydrogen (secondary N) is 3. The summed E-state index contributed by atoms with van der Waals surface area (Å²) >= 11 is 0. The number of nitrogens with zero attached hydrogens (tertiary/aromatic N) is 1. The molecule has 1 atom stereocenters. The van der Waals surface area contributed by atoms with E-state index in [2.05, 4.69) is 20.6 Å². The second-order valence-corrected chi connectivity index (χ2v) is 6.83. The highest BCUT2D eigenvalue weighted by Gasteiger charge is 2.08. The molecule has 0 radical (unpaired) electrons. The maximum atomic E-state index is 13.5. The molecule has 0 bridgehead atoms. The number of aliphatic imine (C=N–C) groups is 1. The SMILES string of the molecule is CCNC(=NCC(O)c1ccc(C)cc1)NCCc1c[nH]c2ccc(F)cc12. The van der Waals surface area contributed by atoms with Gasteiger partial charge in [0.1, 0.15) is 5.82 Å². The third kappa shape index (κ3) is 5.10. The lowest BCUT2D eigenvalue weighted by Gasteiger charge is -2.13. The third-order valence-electron chi connectivity index (χ3n) is 4.64. The first-order valence-electron chi connectivity index (χ1n) is 9.59. The Balaban J connectivity index is 1.58. The van der Waals surface area contributed by atoms with Crippen molar-refractivity contribution < 1.29 is 9.50 Å². The molecule has 28 heavy (non-hydrogen) atoms. The smallest absolute Gasteiger partial charge is 0.191 e. The van der Waals surface area contributed by atoms with Crippen LogP contribution in [0.5, 0.6) is 0 Å². The van der Waals surface area contributed by atoms with Crippen molar-refractivity contribution in [3.05, 3.63) is 71.2 Å².